The first-order valence-corrected chi connectivity index (χ1v) is 5.73. The van der Waals surface area contributed by atoms with Gasteiger partial charge in [0.2, 0.25) is 0 Å². The van der Waals surface area contributed by atoms with Gasteiger partial charge < -0.3 is 10.1 Å². The summed E-state index contributed by atoms with van der Waals surface area (Å²) < 4.78 is 0. The van der Waals surface area contributed by atoms with Gasteiger partial charge in [0.25, 0.3) is 0 Å². The van der Waals surface area contributed by atoms with Gasteiger partial charge in [0.15, 0.2) is 0 Å². The van der Waals surface area contributed by atoms with E-state index >= 15 is 0 Å². The lowest BCUT2D eigenvalue weighted by molar-refractivity contribution is 0.0800. The van der Waals surface area contributed by atoms with Crippen LogP contribution in [0.15, 0.2) is 18.2 Å². The fourth-order valence-electron chi connectivity index (χ4n) is 1.93. The molecule has 0 aliphatic rings. The first-order valence-electron chi connectivity index (χ1n) is 5.73. The van der Waals surface area contributed by atoms with Crippen LogP contribution >= 0.6 is 0 Å². The van der Waals surface area contributed by atoms with Crippen molar-refractivity contribution in [3.8, 4) is 0 Å². The molecule has 0 unspecified atom stereocenters. The minimum Gasteiger partial charge on any atom is -0.386 e. The number of aryl methyl sites for hydroxylation is 1. The van der Waals surface area contributed by atoms with Crippen LogP contribution in [-0.4, -0.2) is 15.1 Å². The van der Waals surface area contributed by atoms with Crippen LogP contribution in [0.4, 0.5) is 0 Å². The quantitative estimate of drug-likeness (QED) is 0.832. The Balaban J connectivity index is 2.59. The second kappa shape index (κ2) is 3.91. The van der Waals surface area contributed by atoms with Gasteiger partial charge in [-0.25, -0.2) is 4.98 Å². The molecule has 1 aromatic carbocycles. The number of imidazole rings is 1. The molecule has 0 amide bonds. The molecule has 0 aliphatic carbocycles. The zero-order valence-corrected chi connectivity index (χ0v) is 10.0. The molecule has 3 nitrogen and oxygen atoms in total. The van der Waals surface area contributed by atoms with Crippen molar-refractivity contribution in [3.63, 3.8) is 0 Å². The highest BCUT2D eigenvalue weighted by molar-refractivity contribution is 5.79. The van der Waals surface area contributed by atoms with Crippen LogP contribution in [0.3, 0.4) is 0 Å². The van der Waals surface area contributed by atoms with Crippen LogP contribution in [0.1, 0.15) is 38.6 Å². The Morgan fingerprint density at radius 1 is 1.38 bits per heavy atom. The molecule has 0 saturated heterocycles. The van der Waals surface area contributed by atoms with Gasteiger partial charge in [0.05, 0.1) is 16.6 Å². The van der Waals surface area contributed by atoms with E-state index in [4.69, 9.17) is 0 Å². The van der Waals surface area contributed by atoms with Gasteiger partial charge in [0.1, 0.15) is 5.82 Å². The van der Waals surface area contributed by atoms with Gasteiger partial charge in [-0.05, 0) is 26.3 Å². The largest absolute Gasteiger partial charge is 0.386 e. The average Bonchev–Trinajstić information content (AvgIpc) is 2.58. The summed E-state index contributed by atoms with van der Waals surface area (Å²) in [5, 5.41) is 10.1. The fourth-order valence-corrected chi connectivity index (χ4v) is 1.93. The van der Waals surface area contributed by atoms with Crippen molar-refractivity contribution in [1.82, 2.24) is 9.97 Å². The molecule has 2 N–H and O–H groups in total. The Bertz CT molecular complexity index is 494. The van der Waals surface area contributed by atoms with Gasteiger partial charge in [0, 0.05) is 12.0 Å². The Hall–Kier alpha value is -1.35. The van der Waals surface area contributed by atoms with Crippen molar-refractivity contribution in [2.45, 2.75) is 39.2 Å². The van der Waals surface area contributed by atoms with Crippen LogP contribution in [0.5, 0.6) is 0 Å². The van der Waals surface area contributed by atoms with E-state index < -0.39 is 5.60 Å². The monoisotopic (exact) mass is 218 g/mol. The Morgan fingerprint density at radius 2 is 2.12 bits per heavy atom. The molecule has 2 aromatic rings. The number of para-hydroxylation sites is 1. The lowest BCUT2D eigenvalue weighted by Crippen LogP contribution is -2.15. The van der Waals surface area contributed by atoms with E-state index in [1.165, 1.54) is 0 Å². The topological polar surface area (TPSA) is 48.9 Å². The third-order valence-electron chi connectivity index (χ3n) is 2.71. The van der Waals surface area contributed by atoms with Crippen molar-refractivity contribution in [1.29, 1.82) is 0 Å². The molecule has 0 radical (unpaired) electrons. The number of rotatable bonds is 3. The van der Waals surface area contributed by atoms with Gasteiger partial charge in [-0.15, -0.1) is 0 Å². The number of H-pyrrole nitrogens is 1. The van der Waals surface area contributed by atoms with E-state index in [0.717, 1.165) is 35.3 Å². The summed E-state index contributed by atoms with van der Waals surface area (Å²) in [7, 11) is 0. The van der Waals surface area contributed by atoms with E-state index in [2.05, 4.69) is 16.9 Å². The van der Waals surface area contributed by atoms with Gasteiger partial charge in [-0.1, -0.05) is 19.1 Å². The molecule has 16 heavy (non-hydrogen) atoms. The van der Waals surface area contributed by atoms with Crippen molar-refractivity contribution in [2.75, 3.05) is 0 Å². The molecule has 0 atom stereocenters. The molecule has 2 rings (SSSR count). The van der Waals surface area contributed by atoms with Crippen molar-refractivity contribution in [3.05, 3.63) is 29.6 Å². The summed E-state index contributed by atoms with van der Waals surface area (Å²) >= 11 is 0. The van der Waals surface area contributed by atoms with Crippen molar-refractivity contribution in [2.24, 2.45) is 0 Å². The molecule has 1 heterocycles. The van der Waals surface area contributed by atoms with Crippen LogP contribution in [-0.2, 0) is 12.0 Å². The van der Waals surface area contributed by atoms with Crippen LogP contribution in [0.2, 0.25) is 0 Å². The summed E-state index contributed by atoms with van der Waals surface area (Å²) in [4.78, 5) is 7.84. The maximum atomic E-state index is 10.1. The van der Waals surface area contributed by atoms with E-state index in [0.29, 0.717) is 0 Å². The number of fused-ring (bicyclic) bond motifs is 1. The summed E-state index contributed by atoms with van der Waals surface area (Å²) in [6.45, 7) is 5.70. The number of hydrogen-bond donors (Lipinski definition) is 2. The second-order valence-corrected chi connectivity index (χ2v) is 4.69. The third-order valence-corrected chi connectivity index (χ3v) is 2.71. The Morgan fingerprint density at radius 3 is 2.75 bits per heavy atom. The summed E-state index contributed by atoms with van der Waals surface area (Å²) in [5.74, 6) is 0.995. The van der Waals surface area contributed by atoms with Crippen LogP contribution in [0, 0.1) is 0 Å². The summed E-state index contributed by atoms with van der Waals surface area (Å²) in [6, 6.07) is 5.87. The molecule has 1 aromatic heterocycles. The van der Waals surface area contributed by atoms with E-state index in [9.17, 15) is 5.11 Å². The molecule has 0 spiro atoms. The number of aromatic amines is 1. The number of aliphatic hydroxyl groups is 1. The normalized spacial score (nSPS) is 12.2. The Labute approximate surface area is 95.5 Å². The first kappa shape index (κ1) is 11.1. The molecule has 0 fully saturated rings. The number of aromatic nitrogens is 2. The molecular weight excluding hydrogens is 200 g/mol. The number of hydrogen-bond acceptors (Lipinski definition) is 2. The van der Waals surface area contributed by atoms with Gasteiger partial charge >= 0.3 is 0 Å². The zero-order valence-electron chi connectivity index (χ0n) is 10.0. The SMILES string of the molecule is CCCc1nc2c(C(C)(C)O)cccc2[nH]1. The number of nitrogens with one attached hydrogen (secondary N) is 1. The smallest absolute Gasteiger partial charge is 0.107 e. The third kappa shape index (κ3) is 1.95. The average molecular weight is 218 g/mol. The van der Waals surface area contributed by atoms with Crippen LogP contribution in [0.25, 0.3) is 11.0 Å². The van der Waals surface area contributed by atoms with E-state index in [1.54, 1.807) is 13.8 Å². The maximum absolute atomic E-state index is 10.1. The van der Waals surface area contributed by atoms with Crippen molar-refractivity contribution >= 4 is 11.0 Å². The highest BCUT2D eigenvalue weighted by Gasteiger charge is 2.20. The lowest BCUT2D eigenvalue weighted by Gasteiger charge is -2.17. The number of benzene rings is 1. The van der Waals surface area contributed by atoms with E-state index in [-0.39, 0.29) is 0 Å². The highest BCUT2D eigenvalue weighted by Crippen LogP contribution is 2.26. The highest BCUT2D eigenvalue weighted by atomic mass is 16.3. The van der Waals surface area contributed by atoms with E-state index in [1.807, 2.05) is 18.2 Å². The molecule has 86 valence electrons. The predicted molar refractivity (Wildman–Crippen MR) is 65.3 cm³/mol. The molecule has 0 saturated carbocycles. The summed E-state index contributed by atoms with van der Waals surface area (Å²) in [6.07, 6.45) is 2.01. The Kier molecular flexibility index (Phi) is 2.72. The van der Waals surface area contributed by atoms with Gasteiger partial charge in [-0.2, -0.15) is 0 Å². The van der Waals surface area contributed by atoms with Gasteiger partial charge in [-0.3, -0.25) is 0 Å². The standard InChI is InChI=1S/C13H18N2O/c1-4-6-11-14-10-8-5-7-9(12(10)15-11)13(2,3)16/h5,7-8,16H,4,6H2,1-3H3,(H,14,15). The first-order chi connectivity index (χ1) is 7.52. The summed E-state index contributed by atoms with van der Waals surface area (Å²) in [5.41, 5.74) is 1.92. The molecule has 0 aliphatic heterocycles. The molecule has 0 bridgehead atoms. The maximum Gasteiger partial charge on any atom is 0.107 e. The minimum atomic E-state index is -0.849. The molecular formula is C13H18N2O. The number of nitrogens with zero attached hydrogens (tertiary/aromatic N) is 1. The predicted octanol–water partition coefficient (Wildman–Crippen LogP) is 2.74. The molecule has 3 heteroatoms. The zero-order chi connectivity index (χ0) is 11.8. The fraction of sp³-hybridized carbons (Fsp3) is 0.462. The second-order valence-electron chi connectivity index (χ2n) is 4.69. The lowest BCUT2D eigenvalue weighted by atomic mass is 9.97. The van der Waals surface area contributed by atoms with Crippen molar-refractivity contribution < 1.29 is 5.11 Å². The minimum absolute atomic E-state index is 0.849. The van der Waals surface area contributed by atoms with Crippen LogP contribution < -0.4 is 0 Å².